The van der Waals surface area contributed by atoms with E-state index >= 15 is 0 Å². The molecular weight excluding hydrogens is 1590 g/mol. The fourth-order valence-electron chi connectivity index (χ4n) is 18.1. The zero-order chi connectivity index (χ0) is 86.6. The predicted octanol–water partition coefficient (Wildman–Crippen LogP) is 2.20. The van der Waals surface area contributed by atoms with Crippen molar-refractivity contribution in [2.45, 2.75) is 299 Å². The lowest BCUT2D eigenvalue weighted by Gasteiger charge is -2.47. The number of para-hydroxylation sites is 1. The SMILES string of the molecule is C=CC(C)(C)[C@@H](NC(=O)[C@@H]1C[C@@H](CCC)CN1C)[C@H]1OC(SC)[C@H](O)[C@H](O)C1O.C=C[C@@H](NC(=O)[C@@H]1C[C@@H](CCC)CN1C)[C@H]1OC(SC)[C@H](O)[C@H](O)C1O.CCC[C@@H]1C[C@@H](C(=O)N2CCC[C@@H]2[C@H]2OC(SC)[C@H](O)[C@H](O)C2O)N(C)C1.CCC[C@@H]1C[C@@H](C(=O)N[C@H](COC(=O)Nc2ccccc2)[C@H]2OC(SC)[C@H](O)[C@H](O)C2O)N(C)C1. The van der Waals surface area contributed by atoms with Crippen LogP contribution in [0, 0.1) is 29.1 Å². The molecule has 9 fully saturated rings. The molecule has 0 aromatic heterocycles. The van der Waals surface area contributed by atoms with Crippen LogP contribution in [-0.4, -0.2) is 376 Å². The third-order valence-corrected chi connectivity index (χ3v) is 28.3. The van der Waals surface area contributed by atoms with Crippen LogP contribution in [0.2, 0.25) is 0 Å². The highest BCUT2D eigenvalue weighted by Gasteiger charge is 2.55. The van der Waals surface area contributed by atoms with E-state index in [4.69, 9.17) is 23.7 Å². The van der Waals surface area contributed by atoms with Gasteiger partial charge in [-0.3, -0.25) is 44.1 Å². The van der Waals surface area contributed by atoms with Crippen LogP contribution in [0.25, 0.3) is 0 Å². The minimum Gasteiger partial charge on any atom is -0.447 e. The maximum atomic E-state index is 13.3. The Morgan fingerprint density at radius 1 is 0.504 bits per heavy atom. The van der Waals surface area contributed by atoms with Crippen molar-refractivity contribution in [3.05, 3.63) is 55.6 Å². The summed E-state index contributed by atoms with van der Waals surface area (Å²) in [6.45, 7) is 23.9. The monoisotopic (exact) mass is 1730 g/mol. The fraction of sp³-hybridized carbons (Fsp3) is 0.817. The zero-order valence-corrected chi connectivity index (χ0v) is 74.2. The van der Waals surface area contributed by atoms with Crippen molar-refractivity contribution in [1.82, 2.24) is 40.4 Å². The van der Waals surface area contributed by atoms with Gasteiger partial charge in [0.1, 0.15) is 126 Å². The predicted molar refractivity (Wildman–Crippen MR) is 455 cm³/mol. The van der Waals surface area contributed by atoms with Gasteiger partial charge in [0.2, 0.25) is 23.6 Å². The highest BCUT2D eigenvalue weighted by atomic mass is 32.2. The number of aliphatic hydroxyl groups excluding tert-OH is 12. The van der Waals surface area contributed by atoms with Gasteiger partial charge in [-0.15, -0.1) is 60.2 Å². The number of aliphatic hydroxyl groups is 12. The van der Waals surface area contributed by atoms with E-state index in [1.165, 1.54) is 53.1 Å². The molecule has 16 N–H and O–H groups in total. The number of nitrogens with one attached hydrogen (secondary N) is 4. The van der Waals surface area contributed by atoms with Gasteiger partial charge in [-0.2, -0.15) is 0 Å². The molecule has 9 heterocycles. The Balaban J connectivity index is 0.000000217. The lowest BCUT2D eigenvalue weighted by molar-refractivity contribution is -0.211. The number of hydrogen-bond acceptors (Lipinski definition) is 30. The lowest BCUT2D eigenvalue weighted by atomic mass is 9.77. The smallest absolute Gasteiger partial charge is 0.411 e. The van der Waals surface area contributed by atoms with Crippen LogP contribution in [0.3, 0.4) is 0 Å². The van der Waals surface area contributed by atoms with Crippen LogP contribution >= 0.6 is 47.0 Å². The number of hydrogen-bond donors (Lipinski definition) is 16. The summed E-state index contributed by atoms with van der Waals surface area (Å²) in [5.41, 5.74) is -2.86. The Hall–Kier alpha value is -3.55. The van der Waals surface area contributed by atoms with Crippen molar-refractivity contribution in [3.63, 3.8) is 0 Å². The summed E-state index contributed by atoms with van der Waals surface area (Å²) >= 11 is 4.98. The summed E-state index contributed by atoms with van der Waals surface area (Å²) in [6, 6.07) is 5.35. The number of amides is 5. The average molecular weight is 1730 g/mol. The van der Waals surface area contributed by atoms with Crippen LogP contribution in [0.4, 0.5) is 10.5 Å². The summed E-state index contributed by atoms with van der Waals surface area (Å²) in [4.78, 5) is 75.0. The van der Waals surface area contributed by atoms with Crippen molar-refractivity contribution < 1.29 is 109 Å². The Bertz CT molecular complexity index is 3230. The normalized spacial score (nSPS) is 37.7. The van der Waals surface area contributed by atoms with Gasteiger partial charge in [0, 0.05) is 43.8 Å². The fourth-order valence-corrected chi connectivity index (χ4v) is 20.9. The van der Waals surface area contributed by atoms with Gasteiger partial charge in [0.25, 0.3) is 0 Å². The lowest BCUT2D eigenvalue weighted by Crippen LogP contribution is -2.66. The second kappa shape index (κ2) is 47.5. The van der Waals surface area contributed by atoms with E-state index in [0.717, 1.165) is 110 Å². The molecule has 35 heteroatoms. The number of likely N-dealkylation sites (tertiary alicyclic amines) is 5. The molecule has 8 unspecified atom stereocenters. The number of anilines is 1. The minimum atomic E-state index is -1.49. The Kier molecular flexibility index (Phi) is 40.8. The first kappa shape index (κ1) is 101. The molecule has 1 aromatic rings. The van der Waals surface area contributed by atoms with Gasteiger partial charge in [-0.1, -0.05) is 97.6 Å². The number of likely N-dealkylation sites (N-methyl/N-ethyl adjacent to an activating group) is 4. The van der Waals surface area contributed by atoms with Crippen LogP contribution in [0.15, 0.2) is 55.6 Å². The van der Waals surface area contributed by atoms with Gasteiger partial charge in [0.15, 0.2) is 0 Å². The summed E-state index contributed by atoms with van der Waals surface area (Å²) in [5.74, 6) is 1.59. The van der Waals surface area contributed by atoms with Crippen LogP contribution < -0.4 is 21.3 Å². The van der Waals surface area contributed by atoms with E-state index < -0.39 is 149 Å². The third kappa shape index (κ3) is 25.8. The molecule has 10 rings (SSSR count). The molecule has 31 nitrogen and oxygen atoms in total. The van der Waals surface area contributed by atoms with Crippen molar-refractivity contribution in [1.29, 1.82) is 0 Å². The largest absolute Gasteiger partial charge is 0.447 e. The average Bonchev–Trinajstić information content (AvgIpc) is 1.75. The molecule has 670 valence electrons. The molecule has 9 aliphatic heterocycles. The summed E-state index contributed by atoms with van der Waals surface area (Å²) in [7, 11) is 7.82. The molecule has 0 spiro atoms. The molecule has 9 aliphatic rings. The van der Waals surface area contributed by atoms with E-state index in [1.54, 1.807) is 55.4 Å². The highest BCUT2D eigenvalue weighted by Crippen LogP contribution is 2.40. The van der Waals surface area contributed by atoms with E-state index in [-0.39, 0.29) is 60.4 Å². The Labute approximate surface area is 709 Å². The molecule has 5 amide bonds. The molecule has 32 atom stereocenters. The van der Waals surface area contributed by atoms with E-state index in [1.807, 2.05) is 57.9 Å². The molecule has 0 radical (unpaired) electrons. The number of ether oxygens (including phenoxy) is 5. The zero-order valence-electron chi connectivity index (χ0n) is 70.9. The van der Waals surface area contributed by atoms with E-state index in [9.17, 15) is 85.3 Å². The quantitative estimate of drug-likeness (QED) is 0.0511. The topological polar surface area (TPSA) is 439 Å². The number of carbonyl (C=O) groups is 5. The Morgan fingerprint density at radius 3 is 1.31 bits per heavy atom. The van der Waals surface area contributed by atoms with E-state index in [0.29, 0.717) is 42.3 Å². The standard InChI is InChI=1S/C24H37N3O7S.C21H38N2O5S.C19H34N2O5S.C18H32N2O5S/c1-4-8-14-11-17(27(2)12-14)22(31)26-16(13-33-24(32)25-15-9-6-5-7-10-15)21-19(29)18(28)20(30)23(34-21)35-3;1-7-9-12-10-13(23(5)11-12)19(27)22-18(21(3,4)8-2)17-15(25)14(24)16(26)20(28-17)29-6;1-4-6-11-9-13(20(2)10-11)18(25)21-8-5-7-12(21)17-15(23)14(22)16(24)19(26-17)27-3;1-5-7-10-8-12(20(3)9-10)17(24)19-11(6-2)16-14(22)13(21)15(23)18(25-16)26-4/h5-7,9-10,14,16-21,23,28-30H,4,8,11-13H2,1-3H3,(H,25,32)(H,26,31);8,12-18,20,24-26H,2,7,9-11H2,1,3-6H3,(H,22,27);11-17,19,22-24H,4-10H2,1-3H3;6,10-16,18,21-23H,2,5,7-9H2,1,3-4H3,(H,19,24)/t14-,16-,17+,18-,19?,20-,21-,23?;12-,13+,14-,15?,16-,17+,18+,20?;11-,12-,13+,14-,15?,16-,17-,19?;10-,11-,12+,13-,14?,15-,16-,18?/m1111/s1. The molecule has 117 heavy (non-hydrogen) atoms. The number of benzene rings is 1. The maximum Gasteiger partial charge on any atom is 0.411 e. The first-order chi connectivity index (χ1) is 55.5. The molecule has 0 saturated carbocycles. The number of rotatable bonds is 29. The maximum absolute atomic E-state index is 13.3. The van der Waals surface area contributed by atoms with Gasteiger partial charge >= 0.3 is 6.09 Å². The number of thioether (sulfide) groups is 4. The van der Waals surface area contributed by atoms with Crippen LogP contribution in [-0.2, 0) is 42.9 Å². The van der Waals surface area contributed by atoms with E-state index in [2.05, 4.69) is 76.8 Å². The molecule has 0 bridgehead atoms. The molecule has 0 aliphatic carbocycles. The molecular formula is C82H141N9O22S4. The van der Waals surface area contributed by atoms with Gasteiger partial charge in [-0.25, -0.2) is 4.79 Å². The van der Waals surface area contributed by atoms with Crippen molar-refractivity contribution in [2.75, 3.05) is 97.9 Å². The summed E-state index contributed by atoms with van der Waals surface area (Å²) in [5, 5.41) is 135. The number of carbonyl (C=O) groups excluding carboxylic acids is 5. The van der Waals surface area contributed by atoms with Crippen LogP contribution in [0.1, 0.15) is 131 Å². The first-order valence-electron chi connectivity index (χ1n) is 41.7. The van der Waals surface area contributed by atoms with Gasteiger partial charge < -0.3 is 106 Å². The van der Waals surface area contributed by atoms with Crippen molar-refractivity contribution in [3.8, 4) is 0 Å². The van der Waals surface area contributed by atoms with Crippen LogP contribution in [0.5, 0.6) is 0 Å². The Morgan fingerprint density at radius 2 is 0.880 bits per heavy atom. The van der Waals surface area contributed by atoms with Gasteiger partial charge in [-0.05, 0) is 153 Å². The third-order valence-electron chi connectivity index (χ3n) is 24.8. The number of nitrogens with zero attached hydrogens (tertiary/aromatic N) is 5. The van der Waals surface area contributed by atoms with Gasteiger partial charge in [0.05, 0.1) is 48.3 Å². The molecule has 1 aromatic carbocycles. The van der Waals surface area contributed by atoms with Crippen molar-refractivity contribution in [2.24, 2.45) is 29.1 Å². The summed E-state index contributed by atoms with van der Waals surface area (Å²) in [6.07, 6.45) is 3.95. The van der Waals surface area contributed by atoms with Crippen molar-refractivity contribution >= 4 is 82.5 Å². The minimum absolute atomic E-state index is 0.107. The molecule has 9 saturated heterocycles. The second-order valence-electron chi connectivity index (χ2n) is 33.8. The highest BCUT2D eigenvalue weighted by molar-refractivity contribution is 7.99. The second-order valence-corrected chi connectivity index (χ2v) is 37.6. The summed E-state index contributed by atoms with van der Waals surface area (Å²) < 4.78 is 28.9. The first-order valence-corrected chi connectivity index (χ1v) is 46.9.